The summed E-state index contributed by atoms with van der Waals surface area (Å²) in [6.45, 7) is 6.59. The van der Waals surface area contributed by atoms with E-state index in [1.807, 2.05) is 17.0 Å². The van der Waals surface area contributed by atoms with Crippen molar-refractivity contribution in [3.8, 4) is 11.5 Å². The molecule has 1 aromatic rings. The summed E-state index contributed by atoms with van der Waals surface area (Å²) in [5, 5.41) is 0. The van der Waals surface area contributed by atoms with E-state index in [-0.39, 0.29) is 24.3 Å². The quantitative estimate of drug-likeness (QED) is 0.748. The second-order valence-corrected chi connectivity index (χ2v) is 6.51. The second-order valence-electron chi connectivity index (χ2n) is 6.51. The predicted octanol–water partition coefficient (Wildman–Crippen LogP) is 2.57. The molecule has 0 N–H and O–H groups in total. The molecule has 1 aliphatic heterocycles. The standard InChI is InChI=1S/C20H30N2O4/c1-4-16(5-2)20(24)22-12-8-11-21(13-14-22)19(23)15-26-18-10-7-6-9-17(18)25-3/h6-7,9-10,16H,4-5,8,11-15H2,1-3H3. The number of methoxy groups -OCH3 is 1. The van der Waals surface area contributed by atoms with Gasteiger partial charge in [0.15, 0.2) is 18.1 Å². The van der Waals surface area contributed by atoms with Crippen LogP contribution >= 0.6 is 0 Å². The Kier molecular flexibility index (Phi) is 7.75. The van der Waals surface area contributed by atoms with Crippen LogP contribution in [0.2, 0.25) is 0 Å². The summed E-state index contributed by atoms with van der Waals surface area (Å²) in [7, 11) is 1.57. The van der Waals surface area contributed by atoms with Gasteiger partial charge in [0, 0.05) is 32.1 Å². The van der Waals surface area contributed by atoms with Crippen molar-refractivity contribution in [1.29, 1.82) is 0 Å². The molecule has 0 aromatic heterocycles. The van der Waals surface area contributed by atoms with E-state index in [1.54, 1.807) is 24.1 Å². The smallest absolute Gasteiger partial charge is 0.260 e. The third-order valence-electron chi connectivity index (χ3n) is 4.92. The summed E-state index contributed by atoms with van der Waals surface area (Å²) >= 11 is 0. The maximum Gasteiger partial charge on any atom is 0.260 e. The number of nitrogens with zero attached hydrogens (tertiary/aromatic N) is 2. The van der Waals surface area contributed by atoms with Gasteiger partial charge in [-0.05, 0) is 31.4 Å². The Morgan fingerprint density at radius 1 is 1.00 bits per heavy atom. The zero-order valence-corrected chi connectivity index (χ0v) is 16.1. The van der Waals surface area contributed by atoms with E-state index < -0.39 is 0 Å². The molecule has 0 bridgehead atoms. The highest BCUT2D eigenvalue weighted by molar-refractivity contribution is 5.80. The van der Waals surface area contributed by atoms with Crippen LogP contribution in [0, 0.1) is 5.92 Å². The van der Waals surface area contributed by atoms with Gasteiger partial charge in [-0.25, -0.2) is 0 Å². The lowest BCUT2D eigenvalue weighted by atomic mass is 10.0. The van der Waals surface area contributed by atoms with Crippen LogP contribution in [0.15, 0.2) is 24.3 Å². The fourth-order valence-electron chi connectivity index (χ4n) is 3.25. The van der Waals surface area contributed by atoms with Crippen LogP contribution in [0.25, 0.3) is 0 Å². The van der Waals surface area contributed by atoms with Gasteiger partial charge in [-0.3, -0.25) is 9.59 Å². The normalized spacial score (nSPS) is 14.9. The molecule has 0 unspecified atom stereocenters. The van der Waals surface area contributed by atoms with E-state index in [0.717, 1.165) is 19.3 Å². The van der Waals surface area contributed by atoms with Gasteiger partial charge in [0.2, 0.25) is 5.91 Å². The molecule has 26 heavy (non-hydrogen) atoms. The Bertz CT molecular complexity index is 601. The van der Waals surface area contributed by atoms with Crippen molar-refractivity contribution < 1.29 is 19.1 Å². The third-order valence-corrected chi connectivity index (χ3v) is 4.92. The molecule has 1 aromatic carbocycles. The molecule has 0 saturated carbocycles. The zero-order valence-electron chi connectivity index (χ0n) is 16.1. The van der Waals surface area contributed by atoms with E-state index in [2.05, 4.69) is 13.8 Å². The highest BCUT2D eigenvalue weighted by atomic mass is 16.5. The summed E-state index contributed by atoms with van der Waals surface area (Å²) in [4.78, 5) is 28.8. The SMILES string of the molecule is CCC(CC)C(=O)N1CCCN(C(=O)COc2ccccc2OC)CC1. The van der Waals surface area contributed by atoms with Crippen LogP contribution in [-0.4, -0.2) is 61.5 Å². The minimum Gasteiger partial charge on any atom is -0.493 e. The van der Waals surface area contributed by atoms with E-state index in [4.69, 9.17) is 9.47 Å². The molecule has 1 fully saturated rings. The molecule has 2 amide bonds. The van der Waals surface area contributed by atoms with Gasteiger partial charge in [0.1, 0.15) is 0 Å². The molecule has 0 radical (unpaired) electrons. The number of para-hydroxylation sites is 2. The van der Waals surface area contributed by atoms with Gasteiger partial charge in [0.05, 0.1) is 7.11 Å². The number of rotatable bonds is 7. The zero-order chi connectivity index (χ0) is 18.9. The summed E-state index contributed by atoms with van der Waals surface area (Å²) in [5.41, 5.74) is 0. The van der Waals surface area contributed by atoms with Gasteiger partial charge in [-0.2, -0.15) is 0 Å². The number of amides is 2. The number of carbonyl (C=O) groups excluding carboxylic acids is 2. The lowest BCUT2D eigenvalue weighted by molar-refractivity contribution is -0.137. The lowest BCUT2D eigenvalue weighted by Crippen LogP contribution is -2.41. The first-order valence-electron chi connectivity index (χ1n) is 9.43. The predicted molar refractivity (Wildman–Crippen MR) is 100 cm³/mol. The molecular weight excluding hydrogens is 332 g/mol. The molecule has 2 rings (SSSR count). The van der Waals surface area contributed by atoms with Gasteiger partial charge in [-0.15, -0.1) is 0 Å². The Balaban J connectivity index is 1.88. The van der Waals surface area contributed by atoms with Crippen LogP contribution in [0.3, 0.4) is 0 Å². The maximum absolute atomic E-state index is 12.6. The first-order valence-corrected chi connectivity index (χ1v) is 9.43. The van der Waals surface area contributed by atoms with Crippen LogP contribution in [0.4, 0.5) is 0 Å². The summed E-state index contributed by atoms with van der Waals surface area (Å²) in [6, 6.07) is 7.28. The molecule has 0 spiro atoms. The monoisotopic (exact) mass is 362 g/mol. The van der Waals surface area contributed by atoms with Gasteiger partial charge in [-0.1, -0.05) is 26.0 Å². The molecule has 1 saturated heterocycles. The van der Waals surface area contributed by atoms with Crippen LogP contribution in [-0.2, 0) is 9.59 Å². The van der Waals surface area contributed by atoms with Crippen molar-refractivity contribution >= 4 is 11.8 Å². The third kappa shape index (κ3) is 5.13. The first kappa shape index (κ1) is 20.1. The Hall–Kier alpha value is -2.24. The summed E-state index contributed by atoms with van der Waals surface area (Å²) < 4.78 is 10.9. The van der Waals surface area contributed by atoms with Gasteiger partial charge >= 0.3 is 0 Å². The highest BCUT2D eigenvalue weighted by Gasteiger charge is 2.25. The van der Waals surface area contributed by atoms with Gasteiger partial charge < -0.3 is 19.3 Å². The fourth-order valence-corrected chi connectivity index (χ4v) is 3.25. The maximum atomic E-state index is 12.6. The molecule has 1 heterocycles. The van der Waals surface area contributed by atoms with Gasteiger partial charge in [0.25, 0.3) is 5.91 Å². The molecular formula is C20H30N2O4. The summed E-state index contributed by atoms with van der Waals surface area (Å²) in [6.07, 6.45) is 2.52. The molecule has 0 atom stereocenters. The average molecular weight is 362 g/mol. The van der Waals surface area contributed by atoms with Crippen molar-refractivity contribution in [2.75, 3.05) is 39.9 Å². The van der Waals surface area contributed by atoms with Crippen molar-refractivity contribution in [1.82, 2.24) is 9.80 Å². The van der Waals surface area contributed by atoms with Crippen molar-refractivity contribution in [2.45, 2.75) is 33.1 Å². The minimum absolute atomic E-state index is 0.0269. The molecule has 144 valence electrons. The Morgan fingerprint density at radius 2 is 1.62 bits per heavy atom. The molecule has 6 heteroatoms. The summed E-state index contributed by atoms with van der Waals surface area (Å²) in [5.74, 6) is 1.41. The number of benzene rings is 1. The molecule has 0 aliphatic carbocycles. The fraction of sp³-hybridized carbons (Fsp3) is 0.600. The highest BCUT2D eigenvalue weighted by Crippen LogP contribution is 2.25. The molecule has 1 aliphatic rings. The van der Waals surface area contributed by atoms with Crippen LogP contribution < -0.4 is 9.47 Å². The number of hydrogen-bond acceptors (Lipinski definition) is 4. The average Bonchev–Trinajstić information content (AvgIpc) is 2.93. The lowest BCUT2D eigenvalue weighted by Gasteiger charge is -2.25. The van der Waals surface area contributed by atoms with Crippen molar-refractivity contribution in [2.24, 2.45) is 5.92 Å². The number of hydrogen-bond donors (Lipinski definition) is 0. The molecule has 6 nitrogen and oxygen atoms in total. The first-order chi connectivity index (χ1) is 12.6. The minimum atomic E-state index is -0.0623. The Labute approximate surface area is 156 Å². The number of carbonyl (C=O) groups is 2. The van der Waals surface area contributed by atoms with E-state index in [9.17, 15) is 9.59 Å². The number of ether oxygens (including phenoxy) is 2. The van der Waals surface area contributed by atoms with Crippen molar-refractivity contribution in [3.63, 3.8) is 0 Å². The van der Waals surface area contributed by atoms with E-state index in [1.165, 1.54) is 0 Å². The van der Waals surface area contributed by atoms with E-state index in [0.29, 0.717) is 37.7 Å². The second kappa shape index (κ2) is 10.0. The van der Waals surface area contributed by atoms with Crippen LogP contribution in [0.5, 0.6) is 11.5 Å². The Morgan fingerprint density at radius 3 is 2.27 bits per heavy atom. The van der Waals surface area contributed by atoms with Crippen molar-refractivity contribution in [3.05, 3.63) is 24.3 Å². The topological polar surface area (TPSA) is 59.1 Å². The largest absolute Gasteiger partial charge is 0.493 e. The van der Waals surface area contributed by atoms with E-state index >= 15 is 0 Å². The van der Waals surface area contributed by atoms with Crippen LogP contribution in [0.1, 0.15) is 33.1 Å².